The summed E-state index contributed by atoms with van der Waals surface area (Å²) in [5, 5.41) is 9.88. The Balaban J connectivity index is 2.16. The molecule has 98 valence electrons. The third-order valence-electron chi connectivity index (χ3n) is 2.82. The number of para-hydroxylation sites is 1. The van der Waals surface area contributed by atoms with Crippen molar-refractivity contribution < 1.29 is 19.4 Å². The molecule has 0 radical (unpaired) electrons. The van der Waals surface area contributed by atoms with Gasteiger partial charge >= 0.3 is 5.97 Å². The average molecular weight is 268 g/mol. The zero-order valence-electron chi connectivity index (χ0n) is 10.2. The second-order valence-corrected chi connectivity index (χ2v) is 5.22. The van der Waals surface area contributed by atoms with E-state index in [1.807, 2.05) is 17.8 Å². The van der Waals surface area contributed by atoms with Crippen LogP contribution in [-0.4, -0.2) is 35.8 Å². The normalized spacial score (nSPS) is 20.4. The van der Waals surface area contributed by atoms with Crippen molar-refractivity contribution in [1.29, 1.82) is 0 Å². The highest BCUT2D eigenvalue weighted by molar-refractivity contribution is 7.99. The van der Waals surface area contributed by atoms with E-state index < -0.39 is 12.1 Å². The predicted molar refractivity (Wildman–Crippen MR) is 69.8 cm³/mol. The molecule has 1 N–H and O–H groups in total. The Labute approximate surface area is 110 Å². The maximum atomic E-state index is 11.4. The van der Waals surface area contributed by atoms with Crippen LogP contribution in [0.5, 0.6) is 5.75 Å². The highest BCUT2D eigenvalue weighted by Gasteiger charge is 2.24. The van der Waals surface area contributed by atoms with Crippen molar-refractivity contribution in [3.63, 3.8) is 0 Å². The second-order valence-electron chi connectivity index (χ2n) is 4.07. The van der Waals surface area contributed by atoms with Crippen LogP contribution >= 0.6 is 11.8 Å². The topological polar surface area (TPSA) is 55.8 Å². The molecule has 1 aromatic carbocycles. The summed E-state index contributed by atoms with van der Waals surface area (Å²) >= 11 is 1.85. The molecule has 2 unspecified atom stereocenters. The average Bonchev–Trinajstić information content (AvgIpc) is 2.90. The van der Waals surface area contributed by atoms with E-state index in [4.69, 9.17) is 4.74 Å². The molecule has 0 amide bonds. The molecule has 0 saturated carbocycles. The maximum absolute atomic E-state index is 11.4. The van der Waals surface area contributed by atoms with Crippen LogP contribution in [0.1, 0.15) is 18.1 Å². The lowest BCUT2D eigenvalue weighted by Gasteiger charge is -2.18. The molecule has 1 heterocycles. The summed E-state index contributed by atoms with van der Waals surface area (Å²) in [6, 6.07) is 7.03. The van der Waals surface area contributed by atoms with E-state index in [9.17, 15) is 9.90 Å². The Hall–Kier alpha value is -1.20. The summed E-state index contributed by atoms with van der Waals surface area (Å²) in [6.07, 6.45) is -0.144. The fourth-order valence-corrected chi connectivity index (χ4v) is 2.93. The first-order valence-electron chi connectivity index (χ1n) is 5.81. The van der Waals surface area contributed by atoms with Gasteiger partial charge in [-0.3, -0.25) is 0 Å². The number of benzene rings is 1. The number of hydrogen-bond acceptors (Lipinski definition) is 5. The molecule has 1 fully saturated rings. The summed E-state index contributed by atoms with van der Waals surface area (Å²) < 4.78 is 10.4. The Kier molecular flexibility index (Phi) is 4.49. The molecule has 1 aromatic rings. The van der Waals surface area contributed by atoms with Gasteiger partial charge in [-0.2, -0.15) is 11.8 Å². The molecule has 1 aliphatic heterocycles. The van der Waals surface area contributed by atoms with Crippen LogP contribution in [0.3, 0.4) is 0 Å². The fourth-order valence-electron chi connectivity index (χ4n) is 1.84. The fraction of sp³-hybridized carbons (Fsp3) is 0.462. The van der Waals surface area contributed by atoms with Crippen molar-refractivity contribution in [1.82, 2.24) is 0 Å². The third-order valence-corrected chi connectivity index (χ3v) is 3.95. The Morgan fingerprint density at radius 2 is 2.28 bits per heavy atom. The van der Waals surface area contributed by atoms with Crippen LogP contribution < -0.4 is 4.74 Å². The number of rotatable bonds is 4. The van der Waals surface area contributed by atoms with Crippen LogP contribution in [-0.2, 0) is 9.53 Å². The van der Waals surface area contributed by atoms with E-state index in [-0.39, 0.29) is 6.10 Å². The molecule has 5 heteroatoms. The maximum Gasteiger partial charge on any atom is 0.339 e. The van der Waals surface area contributed by atoms with Gasteiger partial charge in [0.05, 0.1) is 7.11 Å². The van der Waals surface area contributed by atoms with Crippen molar-refractivity contribution in [2.24, 2.45) is 0 Å². The Morgan fingerprint density at radius 1 is 1.50 bits per heavy atom. The largest absolute Gasteiger partial charge is 0.489 e. The zero-order chi connectivity index (χ0) is 13.0. The number of esters is 1. The van der Waals surface area contributed by atoms with Gasteiger partial charge in [-0.15, -0.1) is 0 Å². The molecule has 0 aromatic heterocycles. The SMILES string of the molecule is COC(=O)C(O)c1ccccc1OC1CCSC1. The van der Waals surface area contributed by atoms with Gasteiger partial charge in [0.2, 0.25) is 0 Å². The number of hydrogen-bond donors (Lipinski definition) is 1. The van der Waals surface area contributed by atoms with Crippen molar-refractivity contribution >= 4 is 17.7 Å². The molecule has 18 heavy (non-hydrogen) atoms. The second kappa shape index (κ2) is 6.11. The summed E-state index contributed by atoms with van der Waals surface area (Å²) in [4.78, 5) is 11.4. The number of methoxy groups -OCH3 is 1. The highest BCUT2D eigenvalue weighted by atomic mass is 32.2. The van der Waals surface area contributed by atoms with E-state index >= 15 is 0 Å². The zero-order valence-corrected chi connectivity index (χ0v) is 11.0. The lowest BCUT2D eigenvalue weighted by molar-refractivity contribution is -0.150. The number of ether oxygens (including phenoxy) is 2. The molecule has 2 rings (SSSR count). The van der Waals surface area contributed by atoms with E-state index in [1.165, 1.54) is 7.11 Å². The first kappa shape index (κ1) is 13.2. The third kappa shape index (κ3) is 2.97. The van der Waals surface area contributed by atoms with E-state index in [1.54, 1.807) is 18.2 Å². The molecule has 2 atom stereocenters. The Bertz CT molecular complexity index is 415. The van der Waals surface area contributed by atoms with Gasteiger partial charge < -0.3 is 14.6 Å². The van der Waals surface area contributed by atoms with Crippen LogP contribution in [0.25, 0.3) is 0 Å². The first-order valence-corrected chi connectivity index (χ1v) is 6.97. The predicted octanol–water partition coefficient (Wildman–Crippen LogP) is 1.78. The van der Waals surface area contributed by atoms with Gasteiger partial charge in [0, 0.05) is 11.3 Å². The minimum atomic E-state index is -1.29. The number of aliphatic hydroxyl groups excluding tert-OH is 1. The molecule has 1 aliphatic rings. The molecule has 0 spiro atoms. The van der Waals surface area contributed by atoms with Gasteiger partial charge in [0.1, 0.15) is 11.9 Å². The van der Waals surface area contributed by atoms with Crippen molar-refractivity contribution in [2.45, 2.75) is 18.6 Å². The highest BCUT2D eigenvalue weighted by Crippen LogP contribution is 2.29. The van der Waals surface area contributed by atoms with Gasteiger partial charge in [-0.05, 0) is 18.2 Å². The lowest BCUT2D eigenvalue weighted by Crippen LogP contribution is -2.19. The quantitative estimate of drug-likeness (QED) is 0.844. The van der Waals surface area contributed by atoms with Gasteiger partial charge in [-0.1, -0.05) is 18.2 Å². The van der Waals surface area contributed by atoms with Crippen molar-refractivity contribution in [2.75, 3.05) is 18.6 Å². The van der Waals surface area contributed by atoms with Crippen LogP contribution in [0, 0.1) is 0 Å². The first-order chi connectivity index (χ1) is 8.72. The smallest absolute Gasteiger partial charge is 0.339 e. The molecule has 0 aliphatic carbocycles. The van der Waals surface area contributed by atoms with E-state index in [2.05, 4.69) is 4.74 Å². The summed E-state index contributed by atoms with van der Waals surface area (Å²) in [5.41, 5.74) is 0.459. The van der Waals surface area contributed by atoms with Gasteiger partial charge in [-0.25, -0.2) is 4.79 Å². The van der Waals surface area contributed by atoms with Gasteiger partial charge in [0.15, 0.2) is 6.10 Å². The van der Waals surface area contributed by atoms with Crippen molar-refractivity contribution in [3.8, 4) is 5.75 Å². The van der Waals surface area contributed by atoms with Crippen LogP contribution in [0.2, 0.25) is 0 Å². The standard InChI is InChI=1S/C13H16O4S/c1-16-13(15)12(14)10-4-2-3-5-11(10)17-9-6-7-18-8-9/h2-5,9,12,14H,6-8H2,1H3. The van der Waals surface area contributed by atoms with Crippen LogP contribution in [0.15, 0.2) is 24.3 Å². The molecular formula is C13H16O4S. The summed E-state index contributed by atoms with van der Waals surface area (Å²) in [7, 11) is 1.25. The lowest BCUT2D eigenvalue weighted by atomic mass is 10.1. The minimum Gasteiger partial charge on any atom is -0.489 e. The van der Waals surface area contributed by atoms with Crippen molar-refractivity contribution in [3.05, 3.63) is 29.8 Å². The summed E-state index contributed by atoms with van der Waals surface area (Å²) in [5.74, 6) is 1.92. The van der Waals surface area contributed by atoms with E-state index in [0.29, 0.717) is 11.3 Å². The number of carbonyl (C=O) groups is 1. The molecule has 4 nitrogen and oxygen atoms in total. The molecule has 1 saturated heterocycles. The van der Waals surface area contributed by atoms with E-state index in [0.717, 1.165) is 17.9 Å². The number of aliphatic hydroxyl groups is 1. The minimum absolute atomic E-state index is 0.154. The van der Waals surface area contributed by atoms with Crippen LogP contribution in [0.4, 0.5) is 0 Å². The number of carbonyl (C=O) groups excluding carboxylic acids is 1. The number of thioether (sulfide) groups is 1. The van der Waals surface area contributed by atoms with Gasteiger partial charge in [0.25, 0.3) is 0 Å². The molecular weight excluding hydrogens is 252 g/mol. The summed E-state index contributed by atoms with van der Waals surface area (Å²) in [6.45, 7) is 0. The Morgan fingerprint density at radius 3 is 2.94 bits per heavy atom. The molecule has 0 bridgehead atoms. The monoisotopic (exact) mass is 268 g/mol.